The summed E-state index contributed by atoms with van der Waals surface area (Å²) in [5.41, 5.74) is 4.33. The second kappa shape index (κ2) is 10.6. The van der Waals surface area contributed by atoms with Gasteiger partial charge in [0.2, 0.25) is 5.91 Å². The van der Waals surface area contributed by atoms with Crippen molar-refractivity contribution in [2.24, 2.45) is 23.0 Å². The number of hydrogen-bond donors (Lipinski definition) is 3. The van der Waals surface area contributed by atoms with Gasteiger partial charge in [0.15, 0.2) is 0 Å². The van der Waals surface area contributed by atoms with E-state index in [-0.39, 0.29) is 23.5 Å². The number of fused-ring (bicyclic) bond motifs is 1. The number of aliphatic hydroxyl groups excluding tert-OH is 2. The number of amides is 1. The topological polar surface area (TPSA) is 101 Å². The maximum Gasteiger partial charge on any atom is 0.217 e. The summed E-state index contributed by atoms with van der Waals surface area (Å²) in [6.07, 6.45) is 8.76. The summed E-state index contributed by atoms with van der Waals surface area (Å²) in [5.74, 6) is -0.945. The number of carbonyl (C=O) groups is 2. The fraction of sp³-hybridized carbons (Fsp3) is 0.462. The number of aliphatic hydroxyl groups is 2. The summed E-state index contributed by atoms with van der Waals surface area (Å²) in [6, 6.07) is 10.2. The van der Waals surface area contributed by atoms with Gasteiger partial charge in [0, 0.05) is 34.3 Å². The molecule has 0 spiro atoms. The highest BCUT2D eigenvalue weighted by Crippen LogP contribution is 2.44. The van der Waals surface area contributed by atoms with Crippen LogP contribution in [0.3, 0.4) is 0 Å². The Morgan fingerprint density at radius 1 is 1.28 bits per heavy atom. The second-order valence-electron chi connectivity index (χ2n) is 9.19. The van der Waals surface area contributed by atoms with E-state index in [2.05, 4.69) is 18.2 Å². The average Bonchev–Trinajstić information content (AvgIpc) is 3.21. The predicted molar refractivity (Wildman–Crippen MR) is 129 cm³/mol. The number of ketones is 1. The molecule has 1 amide bonds. The Morgan fingerprint density at radius 2 is 2.03 bits per heavy atom. The maximum absolute atomic E-state index is 12.9. The van der Waals surface area contributed by atoms with Gasteiger partial charge in [-0.05, 0) is 36.8 Å². The molecule has 1 aliphatic rings. The number of benzene rings is 1. The van der Waals surface area contributed by atoms with E-state index < -0.39 is 17.6 Å². The van der Waals surface area contributed by atoms with E-state index in [1.54, 1.807) is 31.3 Å². The third kappa shape index (κ3) is 5.74. The Morgan fingerprint density at radius 3 is 2.75 bits per heavy atom. The first-order valence-corrected chi connectivity index (χ1v) is 12.0. The van der Waals surface area contributed by atoms with Crippen molar-refractivity contribution in [1.29, 1.82) is 0 Å². The van der Waals surface area contributed by atoms with E-state index in [0.29, 0.717) is 25.7 Å². The zero-order chi connectivity index (χ0) is 23.3. The predicted octanol–water partition coefficient (Wildman–Crippen LogP) is 4.17. The van der Waals surface area contributed by atoms with Crippen LogP contribution in [-0.2, 0) is 16.0 Å². The lowest BCUT2D eigenvalue weighted by Crippen LogP contribution is -2.31. The van der Waals surface area contributed by atoms with Crippen molar-refractivity contribution in [1.82, 2.24) is 0 Å². The van der Waals surface area contributed by atoms with Gasteiger partial charge in [-0.2, -0.15) is 0 Å². The summed E-state index contributed by atoms with van der Waals surface area (Å²) in [4.78, 5) is 24.9. The van der Waals surface area contributed by atoms with Gasteiger partial charge in [-0.1, -0.05) is 56.4 Å². The largest absolute Gasteiger partial charge is 0.391 e. The molecular formula is C26H33NO4S. The molecular weight excluding hydrogens is 422 g/mol. The molecule has 2 aromatic rings. The average molecular weight is 456 g/mol. The maximum atomic E-state index is 12.9. The zero-order valence-corrected chi connectivity index (χ0v) is 19.6. The minimum atomic E-state index is -0.824. The number of allylic oxidation sites excluding steroid dienone is 2. The molecule has 1 aromatic heterocycles. The summed E-state index contributed by atoms with van der Waals surface area (Å²) < 4.78 is 1.19. The van der Waals surface area contributed by atoms with Crippen molar-refractivity contribution in [2.75, 3.05) is 0 Å². The van der Waals surface area contributed by atoms with Gasteiger partial charge in [-0.25, -0.2) is 0 Å². The van der Waals surface area contributed by atoms with E-state index in [0.717, 1.165) is 11.3 Å². The fourth-order valence-electron chi connectivity index (χ4n) is 4.43. The van der Waals surface area contributed by atoms with E-state index in [1.807, 2.05) is 30.4 Å². The molecule has 0 saturated heterocycles. The van der Waals surface area contributed by atoms with Crippen LogP contribution < -0.4 is 5.73 Å². The van der Waals surface area contributed by atoms with Crippen LogP contribution in [-0.4, -0.2) is 34.1 Å². The normalized spacial score (nSPS) is 24.1. The molecule has 4 atom stereocenters. The Balaban J connectivity index is 1.64. The molecule has 3 unspecified atom stereocenters. The molecule has 5 nitrogen and oxygen atoms in total. The van der Waals surface area contributed by atoms with Crippen LogP contribution in [0.2, 0.25) is 0 Å². The number of Topliss-reactive ketones (excluding diaryl/α,β-unsaturated/α-hetero) is 1. The van der Waals surface area contributed by atoms with E-state index in [9.17, 15) is 19.8 Å². The molecule has 1 fully saturated rings. The second-order valence-corrected chi connectivity index (χ2v) is 10.4. The number of hydrogen-bond acceptors (Lipinski definition) is 5. The molecule has 0 aliphatic heterocycles. The fourth-order valence-corrected chi connectivity index (χ4v) is 5.54. The molecule has 1 aromatic carbocycles. The van der Waals surface area contributed by atoms with Crippen molar-refractivity contribution in [3.8, 4) is 0 Å². The lowest BCUT2D eigenvalue weighted by molar-refractivity contribution is -0.129. The molecule has 1 aliphatic carbocycles. The third-order valence-corrected chi connectivity index (χ3v) is 7.47. The lowest BCUT2D eigenvalue weighted by Gasteiger charge is -2.22. The summed E-state index contributed by atoms with van der Waals surface area (Å²) in [7, 11) is 0. The highest BCUT2D eigenvalue weighted by atomic mass is 32.1. The van der Waals surface area contributed by atoms with Crippen LogP contribution in [0.1, 0.15) is 44.4 Å². The van der Waals surface area contributed by atoms with Gasteiger partial charge in [0.05, 0.1) is 17.6 Å². The van der Waals surface area contributed by atoms with Gasteiger partial charge < -0.3 is 15.9 Å². The van der Waals surface area contributed by atoms with Crippen molar-refractivity contribution in [3.05, 3.63) is 59.5 Å². The molecule has 3 rings (SSSR count). The highest BCUT2D eigenvalue weighted by molar-refractivity contribution is 7.19. The molecule has 0 radical (unpaired) electrons. The molecule has 32 heavy (non-hydrogen) atoms. The quantitative estimate of drug-likeness (QED) is 0.370. The Kier molecular flexibility index (Phi) is 8.04. The molecule has 1 heterocycles. The van der Waals surface area contributed by atoms with Crippen LogP contribution in [0.5, 0.6) is 0 Å². The van der Waals surface area contributed by atoms with Crippen LogP contribution in [0, 0.1) is 17.3 Å². The number of rotatable bonds is 10. The van der Waals surface area contributed by atoms with Crippen LogP contribution in [0.15, 0.2) is 54.6 Å². The number of nitrogens with two attached hydrogens (primary N) is 1. The first-order chi connectivity index (χ1) is 15.2. The molecule has 0 bridgehead atoms. The smallest absolute Gasteiger partial charge is 0.217 e. The van der Waals surface area contributed by atoms with Crippen LogP contribution in [0.25, 0.3) is 10.1 Å². The minimum Gasteiger partial charge on any atom is -0.391 e. The van der Waals surface area contributed by atoms with Gasteiger partial charge in [-0.15, -0.1) is 11.3 Å². The van der Waals surface area contributed by atoms with Crippen molar-refractivity contribution in [3.63, 3.8) is 0 Å². The molecule has 6 heteroatoms. The molecule has 4 N–H and O–H groups in total. The first-order valence-electron chi connectivity index (χ1n) is 11.2. The molecule has 1 saturated carbocycles. The van der Waals surface area contributed by atoms with Crippen molar-refractivity contribution >= 4 is 33.1 Å². The molecule has 172 valence electrons. The first kappa shape index (κ1) is 24.4. The standard InChI is InChI=1S/C26H33NO4S/c1-26(2)24(30)20(10-5-3-4-6-12-23(27)29)21(25(26)31)14-13-18(28)16-19-15-17-9-7-8-11-22(17)32-19/h3,5,7-9,11,13-15,18,20-21,25,28,31H,4,6,10,12,16H2,1-2H3,(H2,27,29)/t18?,20?,21-,25?/m1/s1. The van der Waals surface area contributed by atoms with Gasteiger partial charge in [0.25, 0.3) is 0 Å². The third-order valence-electron chi connectivity index (χ3n) is 6.33. The summed E-state index contributed by atoms with van der Waals surface area (Å²) in [6.45, 7) is 3.57. The number of primary amides is 1. The summed E-state index contributed by atoms with van der Waals surface area (Å²) in [5, 5.41) is 22.6. The van der Waals surface area contributed by atoms with Gasteiger partial charge in [-0.3, -0.25) is 9.59 Å². The number of carbonyl (C=O) groups excluding carboxylic acids is 2. The van der Waals surface area contributed by atoms with Crippen LogP contribution in [0.4, 0.5) is 0 Å². The van der Waals surface area contributed by atoms with Crippen molar-refractivity contribution < 1.29 is 19.8 Å². The zero-order valence-electron chi connectivity index (χ0n) is 18.7. The Labute approximate surface area is 193 Å². The number of unbranched alkanes of at least 4 members (excludes halogenated alkanes) is 1. The van der Waals surface area contributed by atoms with Crippen molar-refractivity contribution in [2.45, 2.75) is 58.2 Å². The van der Waals surface area contributed by atoms with E-state index in [4.69, 9.17) is 5.73 Å². The summed E-state index contributed by atoms with van der Waals surface area (Å²) >= 11 is 1.67. The minimum absolute atomic E-state index is 0.0421. The lowest BCUT2D eigenvalue weighted by atomic mass is 9.86. The highest BCUT2D eigenvalue weighted by Gasteiger charge is 2.52. The monoisotopic (exact) mass is 455 g/mol. The van der Waals surface area contributed by atoms with E-state index in [1.165, 1.54) is 10.1 Å². The van der Waals surface area contributed by atoms with Gasteiger partial charge >= 0.3 is 0 Å². The van der Waals surface area contributed by atoms with Crippen LogP contribution >= 0.6 is 11.3 Å². The van der Waals surface area contributed by atoms with Gasteiger partial charge in [0.1, 0.15) is 5.78 Å². The van der Waals surface area contributed by atoms with E-state index >= 15 is 0 Å². The Hall–Kier alpha value is -2.28. The Bertz CT molecular complexity index is 973. The number of thiophene rings is 1. The SMILES string of the molecule is CC1(C)C(=O)C(CC=CCCCC(N)=O)[C@@H](C=CC(O)Cc2cc3ccccc3s2)C1O.